The molecule has 0 amide bonds. The first-order valence-electron chi connectivity index (χ1n) is 7.84. The van der Waals surface area contributed by atoms with E-state index in [1.54, 1.807) is 0 Å². The van der Waals surface area contributed by atoms with Crippen LogP contribution in [0.2, 0.25) is 0 Å². The fourth-order valence-corrected chi connectivity index (χ4v) is 3.50. The maximum absolute atomic E-state index is 2.48. The van der Waals surface area contributed by atoms with Gasteiger partial charge in [0.05, 0.1) is 0 Å². The summed E-state index contributed by atoms with van der Waals surface area (Å²) in [6, 6.07) is 0. The van der Waals surface area contributed by atoms with Crippen molar-refractivity contribution in [3.05, 3.63) is 0 Å². The standard InChI is InChI=1S/C16H30/c1-14(6-4-9-15-10-5-11-15)12-13-16-7-2-3-8-16/h14-16H,2-13H2,1H3. The van der Waals surface area contributed by atoms with Gasteiger partial charge in [0.15, 0.2) is 0 Å². The largest absolute Gasteiger partial charge is 0.0625 e. The van der Waals surface area contributed by atoms with Crippen molar-refractivity contribution in [3.63, 3.8) is 0 Å². The van der Waals surface area contributed by atoms with Gasteiger partial charge in [-0.3, -0.25) is 0 Å². The van der Waals surface area contributed by atoms with E-state index in [1.807, 2.05) is 0 Å². The lowest BCUT2D eigenvalue weighted by Gasteiger charge is -2.25. The van der Waals surface area contributed by atoms with Gasteiger partial charge in [0, 0.05) is 0 Å². The third kappa shape index (κ3) is 4.11. The second-order valence-electron chi connectivity index (χ2n) is 6.56. The molecule has 0 aromatic rings. The molecule has 1 unspecified atom stereocenters. The highest BCUT2D eigenvalue weighted by molar-refractivity contribution is 4.71. The van der Waals surface area contributed by atoms with Crippen LogP contribution in [-0.2, 0) is 0 Å². The highest BCUT2D eigenvalue weighted by atomic mass is 14.2. The van der Waals surface area contributed by atoms with Gasteiger partial charge in [0.1, 0.15) is 0 Å². The highest BCUT2D eigenvalue weighted by Gasteiger charge is 2.18. The molecule has 94 valence electrons. The molecule has 0 heterocycles. The van der Waals surface area contributed by atoms with Crippen LogP contribution in [-0.4, -0.2) is 0 Å². The van der Waals surface area contributed by atoms with Crippen LogP contribution in [0.15, 0.2) is 0 Å². The zero-order valence-electron chi connectivity index (χ0n) is 11.2. The molecule has 0 N–H and O–H groups in total. The summed E-state index contributed by atoms with van der Waals surface area (Å²) < 4.78 is 0. The molecule has 16 heavy (non-hydrogen) atoms. The minimum Gasteiger partial charge on any atom is -0.0625 e. The van der Waals surface area contributed by atoms with Crippen LogP contribution in [0.3, 0.4) is 0 Å². The Morgan fingerprint density at radius 3 is 2.06 bits per heavy atom. The summed E-state index contributed by atoms with van der Waals surface area (Å²) in [5.41, 5.74) is 0. The summed E-state index contributed by atoms with van der Waals surface area (Å²) in [6.07, 6.45) is 18.3. The molecule has 1 atom stereocenters. The average Bonchev–Trinajstić information content (AvgIpc) is 2.71. The number of hydrogen-bond acceptors (Lipinski definition) is 0. The summed E-state index contributed by atoms with van der Waals surface area (Å²) in [5.74, 6) is 3.23. The topological polar surface area (TPSA) is 0 Å². The molecule has 0 radical (unpaired) electrons. The van der Waals surface area contributed by atoms with Gasteiger partial charge in [-0.15, -0.1) is 0 Å². The summed E-state index contributed by atoms with van der Waals surface area (Å²) in [7, 11) is 0. The monoisotopic (exact) mass is 222 g/mol. The van der Waals surface area contributed by atoms with E-state index in [1.165, 1.54) is 77.0 Å². The van der Waals surface area contributed by atoms with E-state index >= 15 is 0 Å². The van der Waals surface area contributed by atoms with Crippen molar-refractivity contribution in [2.45, 2.75) is 84.0 Å². The average molecular weight is 222 g/mol. The molecule has 0 nitrogen and oxygen atoms in total. The van der Waals surface area contributed by atoms with Crippen LogP contribution in [0.25, 0.3) is 0 Å². The molecule has 2 rings (SSSR count). The Balaban J connectivity index is 1.45. The predicted octanol–water partition coefficient (Wildman–Crippen LogP) is 5.56. The molecule has 0 aromatic heterocycles. The first-order valence-corrected chi connectivity index (χ1v) is 7.84. The summed E-state index contributed by atoms with van der Waals surface area (Å²) >= 11 is 0. The smallest absolute Gasteiger partial charge is 0.0414 e. The van der Waals surface area contributed by atoms with Gasteiger partial charge in [-0.2, -0.15) is 0 Å². The Hall–Kier alpha value is 0. The van der Waals surface area contributed by atoms with E-state index in [2.05, 4.69) is 6.92 Å². The SMILES string of the molecule is CC(CCCC1CCC1)CCC1CCCC1. The van der Waals surface area contributed by atoms with Crippen molar-refractivity contribution in [1.82, 2.24) is 0 Å². The van der Waals surface area contributed by atoms with Crippen LogP contribution < -0.4 is 0 Å². The quantitative estimate of drug-likeness (QED) is 0.529. The Kier molecular flexibility index (Phi) is 5.19. The minimum absolute atomic E-state index is 1.00. The molecule has 0 spiro atoms. The van der Waals surface area contributed by atoms with Gasteiger partial charge in [0.2, 0.25) is 0 Å². The van der Waals surface area contributed by atoms with Crippen molar-refractivity contribution >= 4 is 0 Å². The molecule has 0 aromatic carbocycles. The van der Waals surface area contributed by atoms with E-state index in [4.69, 9.17) is 0 Å². The maximum atomic E-state index is 2.48. The van der Waals surface area contributed by atoms with Crippen LogP contribution in [0.5, 0.6) is 0 Å². The minimum atomic E-state index is 1.00. The molecule has 0 saturated heterocycles. The van der Waals surface area contributed by atoms with Crippen LogP contribution >= 0.6 is 0 Å². The molecule has 2 aliphatic carbocycles. The van der Waals surface area contributed by atoms with Gasteiger partial charge in [-0.05, 0) is 17.8 Å². The van der Waals surface area contributed by atoms with Crippen molar-refractivity contribution in [2.24, 2.45) is 17.8 Å². The molecule has 0 aliphatic heterocycles. The molecule has 2 aliphatic rings. The number of hydrogen-bond donors (Lipinski definition) is 0. The Morgan fingerprint density at radius 2 is 1.44 bits per heavy atom. The van der Waals surface area contributed by atoms with Crippen molar-refractivity contribution < 1.29 is 0 Å². The summed E-state index contributed by atoms with van der Waals surface area (Å²) in [6.45, 7) is 2.48. The van der Waals surface area contributed by atoms with E-state index in [9.17, 15) is 0 Å². The summed E-state index contributed by atoms with van der Waals surface area (Å²) in [5, 5.41) is 0. The third-order valence-corrected chi connectivity index (χ3v) is 5.08. The lowest BCUT2D eigenvalue weighted by Crippen LogP contribution is -2.11. The van der Waals surface area contributed by atoms with Crippen LogP contribution in [0.4, 0.5) is 0 Å². The highest BCUT2D eigenvalue weighted by Crippen LogP contribution is 2.33. The van der Waals surface area contributed by atoms with Crippen molar-refractivity contribution in [2.75, 3.05) is 0 Å². The third-order valence-electron chi connectivity index (χ3n) is 5.08. The zero-order valence-corrected chi connectivity index (χ0v) is 11.2. The Labute approximate surface area is 102 Å². The van der Waals surface area contributed by atoms with Gasteiger partial charge < -0.3 is 0 Å². The van der Waals surface area contributed by atoms with Gasteiger partial charge >= 0.3 is 0 Å². The van der Waals surface area contributed by atoms with E-state index < -0.39 is 0 Å². The molecule has 2 saturated carbocycles. The maximum Gasteiger partial charge on any atom is -0.0414 e. The first-order chi connectivity index (χ1) is 7.84. The number of rotatable bonds is 7. The van der Waals surface area contributed by atoms with E-state index in [0.29, 0.717) is 0 Å². The molecular formula is C16H30. The normalized spacial score (nSPS) is 24.6. The lowest BCUT2D eigenvalue weighted by molar-refractivity contribution is 0.277. The van der Waals surface area contributed by atoms with Gasteiger partial charge in [-0.1, -0.05) is 84.0 Å². The molecule has 0 bridgehead atoms. The zero-order chi connectivity index (χ0) is 11.2. The molecule has 2 fully saturated rings. The van der Waals surface area contributed by atoms with E-state index in [-0.39, 0.29) is 0 Å². The predicted molar refractivity (Wildman–Crippen MR) is 71.5 cm³/mol. The first kappa shape index (κ1) is 12.5. The van der Waals surface area contributed by atoms with Gasteiger partial charge in [0.25, 0.3) is 0 Å². The van der Waals surface area contributed by atoms with Crippen LogP contribution in [0, 0.1) is 17.8 Å². The second-order valence-corrected chi connectivity index (χ2v) is 6.56. The fraction of sp³-hybridized carbons (Fsp3) is 1.00. The molecular weight excluding hydrogens is 192 g/mol. The molecule has 0 heteroatoms. The second kappa shape index (κ2) is 6.67. The van der Waals surface area contributed by atoms with Crippen LogP contribution in [0.1, 0.15) is 84.0 Å². The van der Waals surface area contributed by atoms with E-state index in [0.717, 1.165) is 17.8 Å². The Bertz CT molecular complexity index is 174. The Morgan fingerprint density at radius 1 is 0.812 bits per heavy atom. The van der Waals surface area contributed by atoms with Crippen molar-refractivity contribution in [3.8, 4) is 0 Å². The fourth-order valence-electron chi connectivity index (χ4n) is 3.50. The lowest BCUT2D eigenvalue weighted by atomic mass is 9.81. The summed E-state index contributed by atoms with van der Waals surface area (Å²) in [4.78, 5) is 0. The van der Waals surface area contributed by atoms with Crippen molar-refractivity contribution in [1.29, 1.82) is 0 Å². The van der Waals surface area contributed by atoms with Gasteiger partial charge in [-0.25, -0.2) is 0 Å².